The summed E-state index contributed by atoms with van der Waals surface area (Å²) in [6, 6.07) is 9.39. The second-order valence-corrected chi connectivity index (χ2v) is 8.62. The van der Waals surface area contributed by atoms with Gasteiger partial charge in [0.05, 0.1) is 10.5 Å². The summed E-state index contributed by atoms with van der Waals surface area (Å²) in [5.41, 5.74) is 2.13. The topological polar surface area (TPSA) is 116 Å². The molecule has 9 heteroatoms. The smallest absolute Gasteiger partial charge is 0.275 e. The zero-order valence-corrected chi connectivity index (χ0v) is 17.1. The maximum Gasteiger partial charge on any atom is 0.275 e. The molecule has 1 aliphatic heterocycles. The molecule has 0 fully saturated rings. The molecule has 1 N–H and O–H groups in total. The number of aromatic nitrogens is 4. The van der Waals surface area contributed by atoms with Crippen molar-refractivity contribution in [1.29, 1.82) is 0 Å². The first-order valence-electron chi connectivity index (χ1n) is 9.97. The average molecular weight is 416 g/mol. The fraction of sp³-hybridized carbons (Fsp3) is 0.273. The van der Waals surface area contributed by atoms with Crippen LogP contribution in [-0.4, -0.2) is 30.5 Å². The number of rotatable bonds is 3. The van der Waals surface area contributed by atoms with Crippen LogP contribution in [0.2, 0.25) is 0 Å². The Hall–Kier alpha value is -3.88. The van der Waals surface area contributed by atoms with E-state index in [2.05, 4.69) is 20.4 Å². The number of pyridine rings is 1. The lowest BCUT2D eigenvalue weighted by Gasteiger charge is -2.38. The highest BCUT2D eigenvalue weighted by molar-refractivity contribution is 6.00. The summed E-state index contributed by atoms with van der Waals surface area (Å²) in [4.78, 5) is 33.4. The molecule has 0 radical (unpaired) electrons. The molecular weight excluding hydrogens is 396 g/mol. The first kappa shape index (κ1) is 19.1. The zero-order valence-electron chi connectivity index (χ0n) is 17.1. The summed E-state index contributed by atoms with van der Waals surface area (Å²) < 4.78 is 1.58. The molecule has 0 saturated carbocycles. The molecule has 2 aliphatic rings. The third-order valence-electron chi connectivity index (χ3n) is 5.68. The van der Waals surface area contributed by atoms with Crippen LogP contribution in [0, 0.1) is 15.5 Å². The number of allylic oxidation sites excluding steroid dienone is 2. The molecule has 1 unspecified atom stereocenters. The van der Waals surface area contributed by atoms with Crippen LogP contribution in [0.1, 0.15) is 38.3 Å². The van der Waals surface area contributed by atoms with E-state index < -0.39 is 11.0 Å². The van der Waals surface area contributed by atoms with Gasteiger partial charge in [0.2, 0.25) is 5.95 Å². The number of fused-ring (bicyclic) bond motifs is 1. The lowest BCUT2D eigenvalue weighted by molar-refractivity contribution is -0.385. The van der Waals surface area contributed by atoms with Crippen LogP contribution in [-0.2, 0) is 4.79 Å². The van der Waals surface area contributed by atoms with E-state index in [4.69, 9.17) is 0 Å². The highest BCUT2D eigenvalue weighted by Gasteiger charge is 2.43. The van der Waals surface area contributed by atoms with Crippen molar-refractivity contribution in [2.45, 2.75) is 32.7 Å². The number of nitrogens with one attached hydrogen (secondary N) is 1. The Balaban J connectivity index is 1.74. The summed E-state index contributed by atoms with van der Waals surface area (Å²) in [5.74, 6) is 0.850. The summed E-state index contributed by atoms with van der Waals surface area (Å²) >= 11 is 0. The second-order valence-electron chi connectivity index (χ2n) is 8.62. The molecule has 0 spiro atoms. The minimum absolute atomic E-state index is 0.0361. The van der Waals surface area contributed by atoms with Crippen LogP contribution in [0.25, 0.3) is 11.4 Å². The van der Waals surface area contributed by atoms with E-state index in [9.17, 15) is 14.9 Å². The molecule has 1 aromatic carbocycles. The van der Waals surface area contributed by atoms with Gasteiger partial charge in [0, 0.05) is 41.7 Å². The predicted molar refractivity (Wildman–Crippen MR) is 113 cm³/mol. The van der Waals surface area contributed by atoms with Gasteiger partial charge in [-0.1, -0.05) is 26.0 Å². The van der Waals surface area contributed by atoms with Crippen molar-refractivity contribution < 1.29 is 9.72 Å². The average Bonchev–Trinajstić information content (AvgIpc) is 3.15. The van der Waals surface area contributed by atoms with Crippen LogP contribution >= 0.6 is 0 Å². The van der Waals surface area contributed by atoms with Crippen molar-refractivity contribution in [1.82, 2.24) is 19.7 Å². The van der Waals surface area contributed by atoms with Crippen LogP contribution in [0.3, 0.4) is 0 Å². The second kappa shape index (κ2) is 6.83. The van der Waals surface area contributed by atoms with E-state index >= 15 is 0 Å². The van der Waals surface area contributed by atoms with Crippen molar-refractivity contribution in [2.75, 3.05) is 5.32 Å². The van der Waals surface area contributed by atoms with Gasteiger partial charge >= 0.3 is 0 Å². The number of carbonyl (C=O) groups excluding carboxylic acids is 1. The van der Waals surface area contributed by atoms with Gasteiger partial charge in [-0.15, -0.1) is 5.10 Å². The van der Waals surface area contributed by atoms with Gasteiger partial charge in [0.25, 0.3) is 5.69 Å². The Labute approximate surface area is 178 Å². The predicted octanol–water partition coefficient (Wildman–Crippen LogP) is 3.91. The summed E-state index contributed by atoms with van der Waals surface area (Å²) in [5, 5.41) is 19.7. The van der Waals surface area contributed by atoms with E-state index in [1.54, 1.807) is 41.3 Å². The molecule has 0 amide bonds. The molecular formula is C22H20N6O3. The molecule has 0 saturated heterocycles. The molecule has 1 aliphatic carbocycles. The molecule has 3 heterocycles. The highest BCUT2D eigenvalue weighted by Crippen LogP contribution is 2.47. The number of nitro groups is 1. The van der Waals surface area contributed by atoms with Gasteiger partial charge in [-0.05, 0) is 30.0 Å². The first-order valence-corrected chi connectivity index (χ1v) is 9.97. The molecule has 31 heavy (non-hydrogen) atoms. The van der Waals surface area contributed by atoms with Gasteiger partial charge < -0.3 is 5.32 Å². The molecule has 0 bridgehead atoms. The van der Waals surface area contributed by atoms with Crippen molar-refractivity contribution in [3.8, 4) is 11.4 Å². The van der Waals surface area contributed by atoms with E-state index in [0.29, 0.717) is 35.8 Å². The third-order valence-corrected chi connectivity index (χ3v) is 5.68. The maximum atomic E-state index is 13.3. The van der Waals surface area contributed by atoms with E-state index in [1.165, 1.54) is 6.07 Å². The van der Waals surface area contributed by atoms with E-state index in [-0.39, 0.29) is 16.9 Å². The Morgan fingerprint density at radius 2 is 2.00 bits per heavy atom. The third kappa shape index (κ3) is 3.18. The number of benzene rings is 1. The molecule has 1 atom stereocenters. The highest BCUT2D eigenvalue weighted by atomic mass is 16.6. The molecule has 156 valence electrons. The molecule has 9 nitrogen and oxygen atoms in total. The fourth-order valence-electron chi connectivity index (χ4n) is 4.40. The lowest BCUT2D eigenvalue weighted by atomic mass is 9.73. The number of hydrogen-bond acceptors (Lipinski definition) is 7. The Kier molecular flexibility index (Phi) is 4.21. The minimum atomic E-state index is -0.727. The number of para-hydroxylation sites is 1. The molecule has 5 rings (SSSR count). The van der Waals surface area contributed by atoms with Gasteiger partial charge in [-0.3, -0.25) is 19.9 Å². The monoisotopic (exact) mass is 416 g/mol. The van der Waals surface area contributed by atoms with Crippen LogP contribution in [0.4, 0.5) is 11.6 Å². The van der Waals surface area contributed by atoms with Crippen LogP contribution < -0.4 is 5.32 Å². The quantitative estimate of drug-likeness (QED) is 0.508. The van der Waals surface area contributed by atoms with Crippen molar-refractivity contribution in [2.24, 2.45) is 5.41 Å². The number of Topliss-reactive ketones (excluding diaryl/α,β-unsaturated/α-hetero) is 1. The van der Waals surface area contributed by atoms with E-state index in [0.717, 1.165) is 11.3 Å². The standard InChI is InChI=1S/C22H20N6O3/c1-22(2)10-15-18(17(29)11-22)19(14-7-3-4-8-16(14)28(30)31)27-21(24-15)25-20(26-27)13-6-5-9-23-12-13/h3-9,12,19H,10-11H2,1-2H3,(H,24,25,26). The van der Waals surface area contributed by atoms with Crippen molar-refractivity contribution in [3.63, 3.8) is 0 Å². The number of nitrogens with zero attached hydrogens (tertiary/aromatic N) is 5. The Morgan fingerprint density at radius 1 is 1.19 bits per heavy atom. The molecule has 3 aromatic rings. The molecule has 2 aromatic heterocycles. The van der Waals surface area contributed by atoms with Gasteiger partial charge in [0.1, 0.15) is 6.04 Å². The number of carbonyl (C=O) groups is 1. The van der Waals surface area contributed by atoms with Gasteiger partial charge in [0.15, 0.2) is 11.6 Å². The number of hydrogen-bond donors (Lipinski definition) is 1. The normalized spacial score (nSPS) is 19.4. The summed E-state index contributed by atoms with van der Waals surface area (Å²) in [6.07, 6.45) is 4.32. The summed E-state index contributed by atoms with van der Waals surface area (Å²) in [6.45, 7) is 4.08. The number of anilines is 1. The lowest BCUT2D eigenvalue weighted by Crippen LogP contribution is -2.36. The number of nitro benzene ring substituents is 1. The van der Waals surface area contributed by atoms with E-state index in [1.807, 2.05) is 19.9 Å². The fourth-order valence-corrected chi connectivity index (χ4v) is 4.40. The van der Waals surface area contributed by atoms with Crippen LogP contribution in [0.5, 0.6) is 0 Å². The zero-order chi connectivity index (χ0) is 21.8. The summed E-state index contributed by atoms with van der Waals surface area (Å²) in [7, 11) is 0. The first-order chi connectivity index (χ1) is 14.8. The number of ketones is 1. The van der Waals surface area contributed by atoms with Crippen molar-refractivity contribution in [3.05, 3.63) is 75.7 Å². The Bertz CT molecular complexity index is 1250. The maximum absolute atomic E-state index is 13.3. The van der Waals surface area contributed by atoms with Gasteiger partial charge in [-0.25, -0.2) is 4.68 Å². The van der Waals surface area contributed by atoms with Crippen molar-refractivity contribution >= 4 is 17.4 Å². The van der Waals surface area contributed by atoms with Crippen LogP contribution in [0.15, 0.2) is 60.1 Å². The minimum Gasteiger partial charge on any atom is -0.328 e. The largest absolute Gasteiger partial charge is 0.328 e. The van der Waals surface area contributed by atoms with Gasteiger partial charge in [-0.2, -0.15) is 4.98 Å². The Morgan fingerprint density at radius 3 is 2.74 bits per heavy atom. The SMILES string of the molecule is CC1(C)CC(=O)C2=C(C1)Nc1nc(-c3cccnc3)nn1C2c1ccccc1[N+](=O)[O-].